The molecule has 0 N–H and O–H groups in total. The minimum Gasteiger partial charge on any atom is -0.369 e. The molecule has 2 aliphatic heterocycles. The second kappa shape index (κ2) is 9.80. The molecule has 1 amide bonds. The Kier molecular flexibility index (Phi) is 7.40. The Labute approximate surface area is 171 Å². The number of amides is 1. The summed E-state index contributed by atoms with van der Waals surface area (Å²) in [6.45, 7) is 10.1. The van der Waals surface area contributed by atoms with Gasteiger partial charge in [-0.1, -0.05) is 13.3 Å². The van der Waals surface area contributed by atoms with E-state index in [1.54, 1.807) is 0 Å². The molecule has 0 bridgehead atoms. The zero-order valence-electron chi connectivity index (χ0n) is 17.1. The Bertz CT molecular complexity index is 649. The second-order valence-corrected chi connectivity index (χ2v) is 7.88. The molecular formula is C21H31F3N4O. The van der Waals surface area contributed by atoms with Crippen LogP contribution < -0.4 is 4.90 Å². The van der Waals surface area contributed by atoms with Crippen molar-refractivity contribution in [1.82, 2.24) is 14.7 Å². The predicted molar refractivity (Wildman–Crippen MR) is 108 cm³/mol. The first kappa shape index (κ1) is 21.9. The van der Waals surface area contributed by atoms with Gasteiger partial charge in [-0.2, -0.15) is 13.2 Å². The molecule has 29 heavy (non-hydrogen) atoms. The molecule has 8 heteroatoms. The molecule has 1 aromatic carbocycles. The Morgan fingerprint density at radius 3 is 2.03 bits per heavy atom. The minimum absolute atomic E-state index is 0.183. The first-order valence-corrected chi connectivity index (χ1v) is 10.5. The average Bonchev–Trinajstić information content (AvgIpc) is 2.72. The van der Waals surface area contributed by atoms with Crippen molar-refractivity contribution >= 4 is 11.6 Å². The lowest BCUT2D eigenvalue weighted by molar-refractivity contribution is -0.137. The number of anilines is 1. The van der Waals surface area contributed by atoms with Gasteiger partial charge < -0.3 is 9.80 Å². The third-order valence-electron chi connectivity index (χ3n) is 5.84. The number of hydrogen-bond donors (Lipinski definition) is 0. The van der Waals surface area contributed by atoms with Crippen LogP contribution in [0.3, 0.4) is 0 Å². The number of piperazine rings is 2. The van der Waals surface area contributed by atoms with Crippen LogP contribution in [0.4, 0.5) is 18.9 Å². The topological polar surface area (TPSA) is 30.0 Å². The molecule has 162 valence electrons. The van der Waals surface area contributed by atoms with Crippen molar-refractivity contribution in [2.75, 3.05) is 70.3 Å². The van der Waals surface area contributed by atoms with Gasteiger partial charge in [-0.05, 0) is 37.2 Å². The Morgan fingerprint density at radius 1 is 0.897 bits per heavy atom. The molecule has 0 spiro atoms. The summed E-state index contributed by atoms with van der Waals surface area (Å²) in [7, 11) is 0. The lowest BCUT2D eigenvalue weighted by Gasteiger charge is -2.38. The molecule has 2 aliphatic rings. The van der Waals surface area contributed by atoms with Gasteiger partial charge in [0.15, 0.2) is 0 Å². The van der Waals surface area contributed by atoms with E-state index >= 15 is 0 Å². The number of carbonyl (C=O) groups excluding carboxylic acids is 1. The van der Waals surface area contributed by atoms with Crippen LogP contribution in [0.1, 0.15) is 25.3 Å². The number of carbonyl (C=O) groups is 1. The van der Waals surface area contributed by atoms with E-state index in [1.165, 1.54) is 25.0 Å². The third-order valence-corrected chi connectivity index (χ3v) is 5.84. The van der Waals surface area contributed by atoms with Crippen LogP contribution in [-0.2, 0) is 11.0 Å². The van der Waals surface area contributed by atoms with Crippen LogP contribution in [-0.4, -0.2) is 86.1 Å². The summed E-state index contributed by atoms with van der Waals surface area (Å²) in [4.78, 5) is 21.2. The van der Waals surface area contributed by atoms with Crippen LogP contribution in [0.2, 0.25) is 0 Å². The molecule has 0 saturated carbocycles. The highest BCUT2D eigenvalue weighted by Crippen LogP contribution is 2.30. The first-order chi connectivity index (χ1) is 13.9. The molecule has 2 fully saturated rings. The quantitative estimate of drug-likeness (QED) is 0.719. The van der Waals surface area contributed by atoms with Crippen LogP contribution in [0.25, 0.3) is 0 Å². The molecule has 5 nitrogen and oxygen atoms in total. The monoisotopic (exact) mass is 412 g/mol. The summed E-state index contributed by atoms with van der Waals surface area (Å²) in [5.74, 6) is 0.183. The van der Waals surface area contributed by atoms with Crippen molar-refractivity contribution < 1.29 is 18.0 Å². The van der Waals surface area contributed by atoms with E-state index in [1.807, 2.05) is 4.90 Å². The summed E-state index contributed by atoms with van der Waals surface area (Å²) in [5, 5.41) is 0. The predicted octanol–water partition coefficient (Wildman–Crippen LogP) is 2.77. The number of hydrogen-bond acceptors (Lipinski definition) is 4. The van der Waals surface area contributed by atoms with Gasteiger partial charge in [0.25, 0.3) is 0 Å². The fourth-order valence-corrected chi connectivity index (χ4v) is 3.92. The highest BCUT2D eigenvalue weighted by molar-refractivity contribution is 5.78. The van der Waals surface area contributed by atoms with Gasteiger partial charge in [-0.3, -0.25) is 14.6 Å². The Morgan fingerprint density at radius 2 is 1.48 bits per heavy atom. The maximum Gasteiger partial charge on any atom is 0.416 e. The average molecular weight is 413 g/mol. The second-order valence-electron chi connectivity index (χ2n) is 7.88. The molecule has 2 saturated heterocycles. The molecule has 3 rings (SSSR count). The van der Waals surface area contributed by atoms with Crippen molar-refractivity contribution in [2.24, 2.45) is 0 Å². The Balaban J connectivity index is 1.41. The molecule has 0 unspecified atom stereocenters. The van der Waals surface area contributed by atoms with Crippen molar-refractivity contribution in [3.63, 3.8) is 0 Å². The van der Waals surface area contributed by atoms with E-state index in [9.17, 15) is 18.0 Å². The standard InChI is InChI=1S/C21H31F3N4O/c1-2-3-8-25-9-15-28(16-10-25)20(29)17-26-11-13-27(14-12-26)19-6-4-18(5-7-19)21(22,23)24/h4-7H,2-3,8-17H2,1H3. The first-order valence-electron chi connectivity index (χ1n) is 10.5. The van der Waals surface area contributed by atoms with E-state index < -0.39 is 11.7 Å². The lowest BCUT2D eigenvalue weighted by Crippen LogP contribution is -2.53. The molecular weight excluding hydrogens is 381 g/mol. The van der Waals surface area contributed by atoms with Crippen LogP contribution in [0.15, 0.2) is 24.3 Å². The van der Waals surface area contributed by atoms with Gasteiger partial charge in [-0.15, -0.1) is 0 Å². The third kappa shape index (κ3) is 6.09. The Hall–Kier alpha value is -1.80. The molecule has 0 aliphatic carbocycles. The van der Waals surface area contributed by atoms with E-state index in [-0.39, 0.29) is 5.91 Å². The summed E-state index contributed by atoms with van der Waals surface area (Å²) in [6, 6.07) is 5.32. The molecule has 0 radical (unpaired) electrons. The number of benzene rings is 1. The smallest absolute Gasteiger partial charge is 0.369 e. The van der Waals surface area contributed by atoms with Crippen molar-refractivity contribution in [1.29, 1.82) is 0 Å². The highest BCUT2D eigenvalue weighted by Gasteiger charge is 2.30. The highest BCUT2D eigenvalue weighted by atomic mass is 19.4. The summed E-state index contributed by atoms with van der Waals surface area (Å²) < 4.78 is 38.1. The van der Waals surface area contributed by atoms with E-state index in [0.717, 1.165) is 63.6 Å². The van der Waals surface area contributed by atoms with Gasteiger partial charge in [0.05, 0.1) is 12.1 Å². The van der Waals surface area contributed by atoms with E-state index in [2.05, 4.69) is 21.6 Å². The number of alkyl halides is 3. The van der Waals surface area contributed by atoms with Crippen LogP contribution in [0.5, 0.6) is 0 Å². The number of unbranched alkanes of at least 4 members (excludes halogenated alkanes) is 1. The fraction of sp³-hybridized carbons (Fsp3) is 0.667. The summed E-state index contributed by atoms with van der Waals surface area (Å²) in [6.07, 6.45) is -1.91. The lowest BCUT2D eigenvalue weighted by atomic mass is 10.1. The van der Waals surface area contributed by atoms with Crippen molar-refractivity contribution in [3.05, 3.63) is 29.8 Å². The zero-order chi connectivity index (χ0) is 20.9. The normalized spacial score (nSPS) is 19.6. The van der Waals surface area contributed by atoms with E-state index in [4.69, 9.17) is 0 Å². The number of nitrogens with zero attached hydrogens (tertiary/aromatic N) is 4. The largest absolute Gasteiger partial charge is 0.416 e. The number of halogens is 3. The zero-order valence-corrected chi connectivity index (χ0v) is 17.1. The molecule has 0 aromatic heterocycles. The van der Waals surface area contributed by atoms with E-state index in [0.29, 0.717) is 19.6 Å². The van der Waals surface area contributed by atoms with Gasteiger partial charge in [0.2, 0.25) is 5.91 Å². The molecule has 1 aromatic rings. The SMILES string of the molecule is CCCCN1CCN(C(=O)CN2CCN(c3ccc(C(F)(F)F)cc3)CC2)CC1. The van der Waals surface area contributed by atoms with Gasteiger partial charge >= 0.3 is 6.18 Å². The summed E-state index contributed by atoms with van der Waals surface area (Å²) in [5.41, 5.74) is 0.174. The maximum absolute atomic E-state index is 12.7. The van der Waals surface area contributed by atoms with Gasteiger partial charge in [0.1, 0.15) is 0 Å². The van der Waals surface area contributed by atoms with Crippen LogP contribution in [0, 0.1) is 0 Å². The van der Waals surface area contributed by atoms with Crippen LogP contribution >= 0.6 is 0 Å². The minimum atomic E-state index is -4.31. The fourth-order valence-electron chi connectivity index (χ4n) is 3.92. The summed E-state index contributed by atoms with van der Waals surface area (Å²) >= 11 is 0. The van der Waals surface area contributed by atoms with Gasteiger partial charge in [-0.25, -0.2) is 0 Å². The molecule has 0 atom stereocenters. The number of rotatable bonds is 6. The van der Waals surface area contributed by atoms with Crippen molar-refractivity contribution in [3.8, 4) is 0 Å². The van der Waals surface area contributed by atoms with Crippen molar-refractivity contribution in [2.45, 2.75) is 25.9 Å². The maximum atomic E-state index is 12.7. The van der Waals surface area contributed by atoms with Gasteiger partial charge in [0, 0.05) is 58.0 Å². The molecule has 2 heterocycles.